The van der Waals surface area contributed by atoms with Crippen molar-refractivity contribution in [1.82, 2.24) is 0 Å². The normalized spacial score (nSPS) is 11.3. The van der Waals surface area contributed by atoms with Crippen LogP contribution in [0.5, 0.6) is 0 Å². The highest BCUT2D eigenvalue weighted by atomic mass is 16.6. The van der Waals surface area contributed by atoms with Crippen LogP contribution in [0.15, 0.2) is 0 Å². The molecule has 0 rings (SSSR count). The Bertz CT molecular complexity index is 141. The molecule has 0 aromatic carbocycles. The number of carbonyl (C=O) groups is 1. The van der Waals surface area contributed by atoms with Crippen molar-refractivity contribution in [2.75, 3.05) is 13.7 Å². The summed E-state index contributed by atoms with van der Waals surface area (Å²) in [5.74, 6) is -0.191. The highest BCUT2D eigenvalue weighted by molar-refractivity contribution is 5.69. The molecule has 3 heteroatoms. The molecule has 3 nitrogen and oxygen atoms in total. The van der Waals surface area contributed by atoms with Gasteiger partial charge in [0.25, 0.3) is 0 Å². The van der Waals surface area contributed by atoms with Crippen LogP contribution in [0.3, 0.4) is 0 Å². The molecule has 0 fully saturated rings. The molecule has 0 aliphatic carbocycles. The average molecular weight is 174 g/mol. The Hall–Kier alpha value is -0.570. The van der Waals surface area contributed by atoms with E-state index in [1.54, 1.807) is 7.11 Å². The van der Waals surface area contributed by atoms with Gasteiger partial charge in [0.1, 0.15) is 5.60 Å². The van der Waals surface area contributed by atoms with E-state index in [1.165, 1.54) is 0 Å². The fourth-order valence-electron chi connectivity index (χ4n) is 0.617. The lowest BCUT2D eigenvalue weighted by Gasteiger charge is -2.23. The summed E-state index contributed by atoms with van der Waals surface area (Å²) in [7, 11) is 1.57. The second kappa shape index (κ2) is 5.14. The lowest BCUT2D eigenvalue weighted by Crippen LogP contribution is -2.27. The third-order valence-corrected chi connectivity index (χ3v) is 1.75. The van der Waals surface area contributed by atoms with Crippen molar-refractivity contribution in [3.63, 3.8) is 0 Å². The van der Waals surface area contributed by atoms with Crippen molar-refractivity contribution in [1.29, 1.82) is 0 Å². The van der Waals surface area contributed by atoms with Gasteiger partial charge in [-0.25, -0.2) is 0 Å². The van der Waals surface area contributed by atoms with Crippen molar-refractivity contribution in [2.45, 2.75) is 39.2 Å². The predicted octanol–water partition coefficient (Wildman–Crippen LogP) is 1.75. The summed E-state index contributed by atoms with van der Waals surface area (Å²) in [5, 5.41) is 0. The van der Waals surface area contributed by atoms with E-state index < -0.39 is 0 Å². The Morgan fingerprint density at radius 2 is 2.00 bits per heavy atom. The predicted molar refractivity (Wildman–Crippen MR) is 47.0 cm³/mol. The van der Waals surface area contributed by atoms with E-state index >= 15 is 0 Å². The minimum Gasteiger partial charge on any atom is -0.460 e. The summed E-state index contributed by atoms with van der Waals surface area (Å²) in [6, 6.07) is 0. The number of esters is 1. The average Bonchev–Trinajstić information content (AvgIpc) is 2.00. The number of ether oxygens (including phenoxy) is 2. The van der Waals surface area contributed by atoms with Crippen molar-refractivity contribution in [3.05, 3.63) is 0 Å². The molecule has 0 saturated heterocycles. The van der Waals surface area contributed by atoms with Crippen LogP contribution in [0, 0.1) is 0 Å². The molecule has 0 saturated carbocycles. The Kier molecular flexibility index (Phi) is 4.90. The molecular weight excluding hydrogens is 156 g/mol. The van der Waals surface area contributed by atoms with Gasteiger partial charge in [0.2, 0.25) is 0 Å². The molecule has 72 valence electrons. The summed E-state index contributed by atoms with van der Waals surface area (Å²) in [4.78, 5) is 11.1. The zero-order chi connectivity index (χ0) is 9.61. The summed E-state index contributed by atoms with van der Waals surface area (Å²) in [6.07, 6.45) is 1.16. The minimum absolute atomic E-state index is 0.191. The summed E-state index contributed by atoms with van der Waals surface area (Å²) in [6.45, 7) is 6.22. The second-order valence-corrected chi connectivity index (χ2v) is 3.33. The van der Waals surface area contributed by atoms with E-state index in [0.29, 0.717) is 13.0 Å². The maximum absolute atomic E-state index is 11.1. The molecule has 0 aliphatic heterocycles. The molecule has 0 amide bonds. The quantitative estimate of drug-likeness (QED) is 0.596. The van der Waals surface area contributed by atoms with Gasteiger partial charge in [0.05, 0.1) is 13.0 Å². The van der Waals surface area contributed by atoms with Gasteiger partial charge in [-0.15, -0.1) is 0 Å². The maximum Gasteiger partial charge on any atom is 0.308 e. The summed E-state index contributed by atoms with van der Waals surface area (Å²) in [5.41, 5.74) is -0.342. The first-order valence-electron chi connectivity index (χ1n) is 4.22. The van der Waals surface area contributed by atoms with Gasteiger partial charge in [-0.2, -0.15) is 0 Å². The number of methoxy groups -OCH3 is 1. The van der Waals surface area contributed by atoms with E-state index in [1.807, 2.05) is 20.8 Å². The molecule has 12 heavy (non-hydrogen) atoms. The van der Waals surface area contributed by atoms with Crippen LogP contribution in [0.25, 0.3) is 0 Å². The van der Waals surface area contributed by atoms with Crippen molar-refractivity contribution >= 4 is 5.97 Å². The van der Waals surface area contributed by atoms with Crippen LogP contribution in [0.1, 0.15) is 33.6 Å². The van der Waals surface area contributed by atoms with Gasteiger partial charge in [0.15, 0.2) is 0 Å². The first kappa shape index (κ1) is 11.4. The molecule has 0 unspecified atom stereocenters. The lowest BCUT2D eigenvalue weighted by atomic mass is 10.1. The van der Waals surface area contributed by atoms with Crippen LogP contribution in [-0.4, -0.2) is 25.3 Å². The van der Waals surface area contributed by atoms with Crippen LogP contribution in [-0.2, 0) is 14.3 Å². The summed E-state index contributed by atoms with van der Waals surface area (Å²) < 4.78 is 9.93. The van der Waals surface area contributed by atoms with Crippen molar-refractivity contribution in [3.8, 4) is 0 Å². The number of hydrogen-bond acceptors (Lipinski definition) is 3. The third-order valence-electron chi connectivity index (χ3n) is 1.75. The SMILES string of the molecule is CCC(C)(C)OC(=O)CCOC. The van der Waals surface area contributed by atoms with E-state index in [9.17, 15) is 4.79 Å². The smallest absolute Gasteiger partial charge is 0.308 e. The zero-order valence-electron chi connectivity index (χ0n) is 8.35. The van der Waals surface area contributed by atoms with Crippen LogP contribution >= 0.6 is 0 Å². The van der Waals surface area contributed by atoms with Crippen molar-refractivity contribution in [2.24, 2.45) is 0 Å². The Balaban J connectivity index is 3.68. The molecule has 0 atom stereocenters. The highest BCUT2D eigenvalue weighted by Crippen LogP contribution is 2.14. The zero-order valence-corrected chi connectivity index (χ0v) is 8.35. The topological polar surface area (TPSA) is 35.5 Å². The molecule has 0 N–H and O–H groups in total. The van der Waals surface area contributed by atoms with E-state index in [0.717, 1.165) is 6.42 Å². The van der Waals surface area contributed by atoms with Gasteiger partial charge in [0, 0.05) is 7.11 Å². The van der Waals surface area contributed by atoms with Gasteiger partial charge in [-0.1, -0.05) is 6.92 Å². The highest BCUT2D eigenvalue weighted by Gasteiger charge is 2.19. The molecule has 0 heterocycles. The number of rotatable bonds is 5. The molecule has 0 aromatic rings. The molecule has 0 radical (unpaired) electrons. The van der Waals surface area contributed by atoms with Crippen molar-refractivity contribution < 1.29 is 14.3 Å². The van der Waals surface area contributed by atoms with Crippen LogP contribution < -0.4 is 0 Å². The third kappa shape index (κ3) is 5.13. The number of hydrogen-bond donors (Lipinski definition) is 0. The largest absolute Gasteiger partial charge is 0.460 e. The van der Waals surface area contributed by atoms with Crippen LogP contribution in [0.4, 0.5) is 0 Å². The van der Waals surface area contributed by atoms with Crippen LogP contribution in [0.2, 0.25) is 0 Å². The lowest BCUT2D eigenvalue weighted by molar-refractivity contribution is -0.157. The fourth-order valence-corrected chi connectivity index (χ4v) is 0.617. The first-order chi connectivity index (χ1) is 5.52. The molecular formula is C9H18O3. The van der Waals surface area contributed by atoms with Gasteiger partial charge in [-0.3, -0.25) is 4.79 Å². The van der Waals surface area contributed by atoms with E-state index in [-0.39, 0.29) is 11.6 Å². The summed E-state index contributed by atoms with van der Waals surface area (Å²) >= 11 is 0. The Morgan fingerprint density at radius 3 is 2.42 bits per heavy atom. The molecule has 0 aliphatic rings. The maximum atomic E-state index is 11.1. The van der Waals surface area contributed by atoms with Gasteiger partial charge in [-0.05, 0) is 20.3 Å². The first-order valence-corrected chi connectivity index (χ1v) is 4.22. The fraction of sp³-hybridized carbons (Fsp3) is 0.889. The molecule has 0 bridgehead atoms. The van der Waals surface area contributed by atoms with E-state index in [2.05, 4.69) is 0 Å². The minimum atomic E-state index is -0.342. The second-order valence-electron chi connectivity index (χ2n) is 3.33. The Labute approximate surface area is 74.0 Å². The molecule has 0 aromatic heterocycles. The van der Waals surface area contributed by atoms with Gasteiger partial charge >= 0.3 is 5.97 Å². The Morgan fingerprint density at radius 1 is 1.42 bits per heavy atom. The van der Waals surface area contributed by atoms with Gasteiger partial charge < -0.3 is 9.47 Å². The van der Waals surface area contributed by atoms with E-state index in [4.69, 9.17) is 9.47 Å². The molecule has 0 spiro atoms. The monoisotopic (exact) mass is 174 g/mol. The standard InChI is InChI=1S/C9H18O3/c1-5-9(2,3)12-8(10)6-7-11-4/h5-7H2,1-4H3. The number of carbonyl (C=O) groups excluding carboxylic acids is 1.